The van der Waals surface area contributed by atoms with Crippen LogP contribution in [0.1, 0.15) is 25.3 Å². The molecular formula is C15H20BNO3. The highest BCUT2D eigenvalue weighted by Crippen LogP contribution is 2.20. The van der Waals surface area contributed by atoms with Gasteiger partial charge in [0.1, 0.15) is 11.9 Å². The van der Waals surface area contributed by atoms with Crippen molar-refractivity contribution in [2.75, 3.05) is 13.2 Å². The molecule has 0 aliphatic carbocycles. The molecule has 0 saturated carbocycles. The third kappa shape index (κ3) is 4.89. The monoisotopic (exact) mass is 273 g/mol. The Morgan fingerprint density at radius 3 is 2.75 bits per heavy atom. The predicted octanol–water partition coefficient (Wildman–Crippen LogP) is 2.05. The molecule has 1 heterocycles. The molecule has 1 N–H and O–H groups in total. The van der Waals surface area contributed by atoms with Gasteiger partial charge in [-0.1, -0.05) is 25.5 Å². The molecule has 0 spiro atoms. The van der Waals surface area contributed by atoms with E-state index in [4.69, 9.17) is 17.3 Å². The minimum atomic E-state index is -0.509. The molecule has 0 aromatic heterocycles. The van der Waals surface area contributed by atoms with Gasteiger partial charge >= 0.3 is 0 Å². The molecule has 1 aromatic carbocycles. The van der Waals surface area contributed by atoms with E-state index in [1.54, 1.807) is 0 Å². The highest BCUT2D eigenvalue weighted by atomic mass is 16.6. The lowest BCUT2D eigenvalue weighted by molar-refractivity contribution is 0.251. The van der Waals surface area contributed by atoms with Crippen LogP contribution in [-0.2, 0) is 11.2 Å². The molecular weight excluding hydrogens is 253 g/mol. The van der Waals surface area contributed by atoms with Crippen LogP contribution in [0.4, 0.5) is 4.79 Å². The van der Waals surface area contributed by atoms with Crippen LogP contribution in [0.3, 0.4) is 0 Å². The number of rotatable bonds is 8. The summed E-state index contributed by atoms with van der Waals surface area (Å²) in [5, 5.41) is 2.73. The number of hydrogen-bond acceptors (Lipinski definition) is 3. The maximum Gasteiger partial charge on any atom is 0.200 e. The van der Waals surface area contributed by atoms with Crippen LogP contribution in [0.15, 0.2) is 24.3 Å². The number of ether oxygens (including phenoxy) is 2. The van der Waals surface area contributed by atoms with Gasteiger partial charge in [-0.2, -0.15) is 0 Å². The van der Waals surface area contributed by atoms with Crippen molar-refractivity contribution in [3.05, 3.63) is 29.8 Å². The first-order valence-electron chi connectivity index (χ1n) is 7.08. The first-order valence-corrected chi connectivity index (χ1v) is 7.08. The van der Waals surface area contributed by atoms with Crippen molar-refractivity contribution >= 4 is 13.7 Å². The molecule has 20 heavy (non-hydrogen) atoms. The van der Waals surface area contributed by atoms with E-state index >= 15 is 0 Å². The van der Waals surface area contributed by atoms with Gasteiger partial charge in [-0.25, -0.2) is 0 Å². The van der Waals surface area contributed by atoms with Crippen molar-refractivity contribution in [3.8, 4) is 5.75 Å². The van der Waals surface area contributed by atoms with Crippen molar-refractivity contribution < 1.29 is 14.3 Å². The van der Waals surface area contributed by atoms with Crippen molar-refractivity contribution in [2.24, 2.45) is 0 Å². The summed E-state index contributed by atoms with van der Waals surface area (Å²) in [6.07, 6.45) is 2.98. The normalized spacial score (nSPS) is 18.4. The summed E-state index contributed by atoms with van der Waals surface area (Å²) < 4.78 is 10.9. The molecule has 0 unspecified atom stereocenters. The van der Waals surface area contributed by atoms with E-state index in [1.165, 1.54) is 0 Å². The number of carbonyl (C=O) groups excluding carboxylic acids is 1. The fourth-order valence-corrected chi connectivity index (χ4v) is 2.06. The maximum absolute atomic E-state index is 11.0. The van der Waals surface area contributed by atoms with Gasteiger partial charge in [0.25, 0.3) is 0 Å². The SMILES string of the molecule is [B]C(=O)N[C@H](Cc1ccc(OCCCC)cc1)[C@H]1CO1. The average molecular weight is 273 g/mol. The molecule has 4 nitrogen and oxygen atoms in total. The van der Waals surface area contributed by atoms with Gasteiger partial charge in [-0.05, 0) is 30.5 Å². The fraction of sp³-hybridized carbons (Fsp3) is 0.533. The second-order valence-electron chi connectivity index (χ2n) is 5.04. The largest absolute Gasteiger partial charge is 0.494 e. The molecule has 2 radical (unpaired) electrons. The lowest BCUT2D eigenvalue weighted by Crippen LogP contribution is -2.39. The summed E-state index contributed by atoms with van der Waals surface area (Å²) in [7, 11) is 5.18. The number of epoxide rings is 1. The van der Waals surface area contributed by atoms with E-state index < -0.39 is 5.81 Å². The van der Waals surface area contributed by atoms with E-state index in [9.17, 15) is 4.79 Å². The zero-order valence-electron chi connectivity index (χ0n) is 11.8. The molecule has 1 amide bonds. The molecule has 2 atom stereocenters. The van der Waals surface area contributed by atoms with E-state index in [0.717, 1.165) is 30.8 Å². The highest BCUT2D eigenvalue weighted by molar-refractivity contribution is 6.57. The second kappa shape index (κ2) is 7.34. The third-order valence-corrected chi connectivity index (χ3v) is 3.28. The third-order valence-electron chi connectivity index (χ3n) is 3.28. The number of carbonyl (C=O) groups is 1. The smallest absolute Gasteiger partial charge is 0.200 e. The molecule has 1 saturated heterocycles. The highest BCUT2D eigenvalue weighted by Gasteiger charge is 2.33. The Labute approximate surface area is 121 Å². The lowest BCUT2D eigenvalue weighted by atomic mass is 10.0. The summed E-state index contributed by atoms with van der Waals surface area (Å²) in [5.41, 5.74) is 1.13. The average Bonchev–Trinajstić information content (AvgIpc) is 3.24. The molecule has 1 aliphatic heterocycles. The lowest BCUT2D eigenvalue weighted by Gasteiger charge is -2.16. The van der Waals surface area contributed by atoms with Gasteiger partial charge < -0.3 is 14.8 Å². The summed E-state index contributed by atoms with van der Waals surface area (Å²) in [6, 6.07) is 7.89. The minimum Gasteiger partial charge on any atom is -0.494 e. The Morgan fingerprint density at radius 2 is 2.20 bits per heavy atom. The van der Waals surface area contributed by atoms with E-state index in [0.29, 0.717) is 13.0 Å². The number of amides is 1. The fourth-order valence-electron chi connectivity index (χ4n) is 2.06. The van der Waals surface area contributed by atoms with Crippen LogP contribution in [0, 0.1) is 0 Å². The Hall–Kier alpha value is -1.49. The van der Waals surface area contributed by atoms with Gasteiger partial charge in [-0.15, -0.1) is 0 Å². The number of unbranched alkanes of at least 4 members (excludes halogenated alkanes) is 1. The molecule has 5 heteroatoms. The molecule has 106 valence electrons. The van der Waals surface area contributed by atoms with Crippen LogP contribution in [0.2, 0.25) is 0 Å². The Kier molecular flexibility index (Phi) is 5.47. The second-order valence-corrected chi connectivity index (χ2v) is 5.04. The quantitative estimate of drug-likeness (QED) is 0.448. The van der Waals surface area contributed by atoms with E-state index in [2.05, 4.69) is 12.2 Å². The molecule has 0 bridgehead atoms. The zero-order valence-corrected chi connectivity index (χ0v) is 11.8. The molecule has 1 aromatic rings. The molecule has 1 aliphatic rings. The van der Waals surface area contributed by atoms with E-state index in [1.807, 2.05) is 24.3 Å². The summed E-state index contributed by atoms with van der Waals surface area (Å²) in [4.78, 5) is 11.0. The van der Waals surface area contributed by atoms with Crippen LogP contribution in [0.5, 0.6) is 5.75 Å². The minimum absolute atomic E-state index is 0.0561. The zero-order chi connectivity index (χ0) is 14.4. The Balaban J connectivity index is 1.86. The van der Waals surface area contributed by atoms with Crippen molar-refractivity contribution in [2.45, 2.75) is 38.3 Å². The topological polar surface area (TPSA) is 50.9 Å². The Bertz CT molecular complexity index is 431. The van der Waals surface area contributed by atoms with Gasteiger partial charge in [0.05, 0.1) is 19.3 Å². The summed E-state index contributed by atoms with van der Waals surface area (Å²) in [5.74, 6) is 0.370. The van der Waals surface area contributed by atoms with Crippen molar-refractivity contribution in [1.82, 2.24) is 5.32 Å². The molecule has 1 fully saturated rings. The first-order chi connectivity index (χ1) is 9.69. The Morgan fingerprint density at radius 1 is 1.50 bits per heavy atom. The van der Waals surface area contributed by atoms with Gasteiger partial charge in [0.2, 0.25) is 7.85 Å². The standard InChI is InChI=1S/C15H20BNO3/c1-2-3-8-19-12-6-4-11(5-7-12)9-13(14-10-20-14)17-15(16)18/h4-7,13-14H,2-3,8-10H2,1H3,(H,17,18)/t13-,14-/m1/s1. The van der Waals surface area contributed by atoms with Gasteiger partial charge in [0, 0.05) is 0 Å². The van der Waals surface area contributed by atoms with Gasteiger partial charge in [-0.3, -0.25) is 4.79 Å². The number of nitrogens with one attached hydrogen (secondary N) is 1. The van der Waals surface area contributed by atoms with Crippen molar-refractivity contribution in [1.29, 1.82) is 0 Å². The summed E-state index contributed by atoms with van der Waals surface area (Å²) in [6.45, 7) is 3.57. The number of hydrogen-bond donors (Lipinski definition) is 1. The maximum atomic E-state index is 11.0. The van der Waals surface area contributed by atoms with Crippen LogP contribution >= 0.6 is 0 Å². The number of benzene rings is 1. The van der Waals surface area contributed by atoms with E-state index in [-0.39, 0.29) is 12.1 Å². The summed E-state index contributed by atoms with van der Waals surface area (Å²) >= 11 is 0. The molecule has 2 rings (SSSR count). The van der Waals surface area contributed by atoms with Crippen LogP contribution in [0.25, 0.3) is 0 Å². The van der Waals surface area contributed by atoms with Crippen molar-refractivity contribution in [3.63, 3.8) is 0 Å². The van der Waals surface area contributed by atoms with Crippen LogP contribution in [-0.4, -0.2) is 39.0 Å². The first kappa shape index (κ1) is 14.9. The van der Waals surface area contributed by atoms with Crippen LogP contribution < -0.4 is 10.1 Å². The predicted molar refractivity (Wildman–Crippen MR) is 78.4 cm³/mol. The van der Waals surface area contributed by atoms with Gasteiger partial charge in [0.15, 0.2) is 5.81 Å².